The summed E-state index contributed by atoms with van der Waals surface area (Å²) in [6.45, 7) is 2.96. The number of nitrogens with zero attached hydrogens (tertiary/aromatic N) is 2. The van der Waals surface area contributed by atoms with E-state index >= 15 is 0 Å². The highest BCUT2D eigenvalue weighted by Crippen LogP contribution is 2.35. The summed E-state index contributed by atoms with van der Waals surface area (Å²) >= 11 is 5.42. The van der Waals surface area contributed by atoms with Gasteiger partial charge in [-0.1, -0.05) is 19.3 Å². The molecule has 21 heavy (non-hydrogen) atoms. The van der Waals surface area contributed by atoms with Gasteiger partial charge in [-0.15, -0.1) is 0 Å². The molecule has 3 fully saturated rings. The highest BCUT2D eigenvalue weighted by Gasteiger charge is 2.46. The van der Waals surface area contributed by atoms with Gasteiger partial charge >= 0.3 is 6.09 Å². The van der Waals surface area contributed by atoms with E-state index < -0.39 is 6.09 Å². The zero-order valence-corrected chi connectivity index (χ0v) is 13.2. The summed E-state index contributed by atoms with van der Waals surface area (Å²) in [4.78, 5) is 14.7. The summed E-state index contributed by atoms with van der Waals surface area (Å²) in [6, 6.07) is 0. The van der Waals surface area contributed by atoms with Crippen molar-refractivity contribution in [2.75, 3.05) is 26.2 Å². The lowest BCUT2D eigenvalue weighted by Gasteiger charge is -2.36. The van der Waals surface area contributed by atoms with Gasteiger partial charge < -0.3 is 19.6 Å². The zero-order valence-electron chi connectivity index (χ0n) is 12.4. The monoisotopic (exact) mass is 312 g/mol. The number of piperidine rings is 1. The molecule has 1 aliphatic carbocycles. The maximum atomic E-state index is 11.0. The summed E-state index contributed by atoms with van der Waals surface area (Å²) < 4.78 is 6.01. The molecule has 0 aromatic carbocycles. The zero-order chi connectivity index (χ0) is 14.9. The maximum Gasteiger partial charge on any atom is 0.407 e. The average Bonchev–Trinajstić information content (AvgIpc) is 2.76. The molecule has 0 radical (unpaired) electrons. The third kappa shape index (κ3) is 3.25. The molecule has 0 unspecified atom stereocenters. The number of rotatable bonds is 2. The fourth-order valence-electron chi connectivity index (χ4n) is 3.88. The van der Waals surface area contributed by atoms with Crippen LogP contribution in [0.25, 0.3) is 0 Å². The van der Waals surface area contributed by atoms with Crippen LogP contribution in [0.15, 0.2) is 0 Å². The molecule has 0 aromatic heterocycles. The van der Waals surface area contributed by atoms with E-state index in [0.717, 1.165) is 31.8 Å². The Morgan fingerprint density at radius 3 is 2.57 bits per heavy atom. The normalized spacial score (nSPS) is 26.2. The predicted molar refractivity (Wildman–Crippen MR) is 83.4 cm³/mol. The van der Waals surface area contributed by atoms with Crippen molar-refractivity contribution in [1.29, 1.82) is 0 Å². The van der Waals surface area contributed by atoms with Crippen LogP contribution in [-0.4, -0.2) is 58.0 Å². The van der Waals surface area contributed by atoms with Crippen LogP contribution in [0.1, 0.15) is 44.9 Å². The van der Waals surface area contributed by atoms with Gasteiger partial charge in [0.05, 0.1) is 6.54 Å². The molecule has 2 saturated heterocycles. The molecule has 118 valence electrons. The van der Waals surface area contributed by atoms with Crippen LogP contribution >= 0.6 is 12.2 Å². The van der Waals surface area contributed by atoms with Crippen molar-refractivity contribution >= 4 is 23.5 Å². The van der Waals surface area contributed by atoms with E-state index in [9.17, 15) is 4.79 Å². The Labute approximate surface area is 131 Å². The number of carbonyl (C=O) groups is 1. The number of thiocarbonyl (C=S) groups is 1. The molecule has 2 aliphatic heterocycles. The first-order valence-electron chi connectivity index (χ1n) is 8.04. The Balaban J connectivity index is 1.55. The Hall–Kier alpha value is -1.04. The van der Waals surface area contributed by atoms with Gasteiger partial charge in [-0.3, -0.25) is 0 Å². The minimum atomic E-state index is -0.829. The largest absolute Gasteiger partial charge is 0.465 e. The molecular weight excluding hydrogens is 288 g/mol. The number of ether oxygens (including phenoxy) is 1. The lowest BCUT2D eigenvalue weighted by molar-refractivity contribution is 0.0207. The number of likely N-dealkylation sites (tertiary alicyclic amines) is 1. The topological polar surface area (TPSA) is 53.0 Å². The van der Waals surface area contributed by atoms with Crippen molar-refractivity contribution in [3.63, 3.8) is 0 Å². The van der Waals surface area contributed by atoms with Crippen molar-refractivity contribution < 1.29 is 14.6 Å². The second-order valence-corrected chi connectivity index (χ2v) is 7.05. The van der Waals surface area contributed by atoms with E-state index in [0.29, 0.717) is 18.3 Å². The molecule has 0 atom stereocenters. The van der Waals surface area contributed by atoms with E-state index in [4.69, 9.17) is 22.1 Å². The van der Waals surface area contributed by atoms with Crippen molar-refractivity contribution in [3.8, 4) is 0 Å². The van der Waals surface area contributed by atoms with E-state index in [-0.39, 0.29) is 5.60 Å². The molecule has 0 aromatic rings. The van der Waals surface area contributed by atoms with Crippen LogP contribution in [0.4, 0.5) is 4.79 Å². The van der Waals surface area contributed by atoms with Crippen molar-refractivity contribution in [3.05, 3.63) is 0 Å². The van der Waals surface area contributed by atoms with Gasteiger partial charge in [0.2, 0.25) is 0 Å². The minimum Gasteiger partial charge on any atom is -0.465 e. The second kappa shape index (κ2) is 5.99. The fraction of sp³-hybridized carbons (Fsp3) is 0.867. The van der Waals surface area contributed by atoms with Crippen LogP contribution in [0.2, 0.25) is 0 Å². The summed E-state index contributed by atoms with van der Waals surface area (Å²) in [5.41, 5.74) is -0.238. The van der Waals surface area contributed by atoms with Crippen LogP contribution in [0.3, 0.4) is 0 Å². The van der Waals surface area contributed by atoms with Crippen LogP contribution in [-0.2, 0) is 4.74 Å². The van der Waals surface area contributed by atoms with Crippen molar-refractivity contribution in [2.24, 2.45) is 5.92 Å². The molecule has 1 N–H and O–H groups in total. The van der Waals surface area contributed by atoms with Crippen molar-refractivity contribution in [2.45, 2.75) is 50.5 Å². The highest BCUT2D eigenvalue weighted by atomic mass is 32.1. The van der Waals surface area contributed by atoms with Gasteiger partial charge in [0.15, 0.2) is 0 Å². The number of hydrogen-bond acceptors (Lipinski definition) is 3. The lowest BCUT2D eigenvalue weighted by Crippen LogP contribution is -2.48. The van der Waals surface area contributed by atoms with Gasteiger partial charge in [-0.25, -0.2) is 4.79 Å². The molecule has 5 nitrogen and oxygen atoms in total. The predicted octanol–water partition coefficient (Wildman–Crippen LogP) is 2.70. The van der Waals surface area contributed by atoms with Crippen molar-refractivity contribution in [1.82, 2.24) is 9.80 Å². The smallest absolute Gasteiger partial charge is 0.407 e. The molecule has 1 amide bonds. The Kier molecular flexibility index (Phi) is 4.24. The first-order valence-corrected chi connectivity index (χ1v) is 8.45. The molecular formula is C15H24N2O3S. The second-order valence-electron chi connectivity index (χ2n) is 6.71. The first-order chi connectivity index (χ1) is 10.1. The molecule has 3 rings (SSSR count). The van der Waals surface area contributed by atoms with Gasteiger partial charge in [0.25, 0.3) is 5.17 Å². The van der Waals surface area contributed by atoms with Gasteiger partial charge in [0.1, 0.15) is 5.60 Å². The standard InChI is InChI=1S/C15H24N2O3S/c18-13(19)16-8-6-15(7-9-16)11-17(14(21)20-15)10-12-4-2-1-3-5-12/h12H,1-11H2,(H,18,19). The van der Waals surface area contributed by atoms with E-state index in [1.54, 1.807) is 0 Å². The van der Waals surface area contributed by atoms with E-state index in [2.05, 4.69) is 4.90 Å². The van der Waals surface area contributed by atoms with Crippen LogP contribution in [0, 0.1) is 5.92 Å². The number of amides is 1. The number of hydrogen-bond donors (Lipinski definition) is 1. The third-order valence-electron chi connectivity index (χ3n) is 5.19. The Morgan fingerprint density at radius 2 is 1.95 bits per heavy atom. The van der Waals surface area contributed by atoms with Gasteiger partial charge in [-0.05, 0) is 31.0 Å². The van der Waals surface area contributed by atoms with E-state index in [1.807, 2.05) is 0 Å². The van der Waals surface area contributed by atoms with Crippen LogP contribution in [0.5, 0.6) is 0 Å². The SMILES string of the molecule is O=C(O)N1CCC2(CC1)CN(CC1CCCCC1)C(=S)O2. The molecule has 1 saturated carbocycles. The van der Waals surface area contributed by atoms with E-state index in [1.165, 1.54) is 37.0 Å². The molecule has 6 heteroatoms. The fourth-order valence-corrected chi connectivity index (χ4v) is 4.20. The average molecular weight is 312 g/mol. The molecule has 1 spiro atoms. The van der Waals surface area contributed by atoms with Gasteiger partial charge in [0, 0.05) is 32.5 Å². The van der Waals surface area contributed by atoms with Crippen LogP contribution < -0.4 is 0 Å². The first kappa shape index (κ1) is 14.9. The molecule has 2 heterocycles. The molecule has 3 aliphatic rings. The third-order valence-corrected chi connectivity index (χ3v) is 5.53. The van der Waals surface area contributed by atoms with Gasteiger partial charge in [-0.2, -0.15) is 0 Å². The Morgan fingerprint density at radius 1 is 1.29 bits per heavy atom. The summed E-state index contributed by atoms with van der Waals surface area (Å²) in [5, 5.41) is 9.67. The lowest BCUT2D eigenvalue weighted by atomic mass is 9.88. The summed E-state index contributed by atoms with van der Waals surface area (Å²) in [6.07, 6.45) is 7.32. The number of carboxylic acid groups (broad SMARTS) is 1. The Bertz CT molecular complexity index is 415. The highest BCUT2D eigenvalue weighted by molar-refractivity contribution is 7.80. The maximum absolute atomic E-state index is 11.0. The summed E-state index contributed by atoms with van der Waals surface area (Å²) in [7, 11) is 0. The summed E-state index contributed by atoms with van der Waals surface area (Å²) in [5.74, 6) is 0.745. The minimum absolute atomic E-state index is 0.238. The molecule has 0 bridgehead atoms. The quantitative estimate of drug-likeness (QED) is 0.795.